The normalized spacial score (nSPS) is 11.0. The molecule has 0 unspecified atom stereocenters. The summed E-state index contributed by atoms with van der Waals surface area (Å²) >= 11 is 0. The fraction of sp³-hybridized carbons (Fsp3) is 0.0370. The molecule has 0 radical (unpaired) electrons. The van der Waals surface area contributed by atoms with E-state index in [0.717, 1.165) is 0 Å². The molecule has 0 N–H and O–H groups in total. The largest absolute Gasteiger partial charge is 0.309 e. The van der Waals surface area contributed by atoms with Gasteiger partial charge in [-0.25, -0.2) is 0 Å². The lowest BCUT2D eigenvalue weighted by atomic mass is 10.0. The summed E-state index contributed by atoms with van der Waals surface area (Å²) in [5.41, 5.74) is 7.38. The Balaban J connectivity index is 1.80. The van der Waals surface area contributed by atoms with E-state index in [4.69, 9.17) is 0 Å². The van der Waals surface area contributed by atoms with Crippen LogP contribution in [0.5, 0.6) is 0 Å². The Morgan fingerprint density at radius 1 is 0.536 bits per heavy atom. The Labute approximate surface area is 165 Å². The van der Waals surface area contributed by atoms with Crippen LogP contribution in [0.1, 0.15) is 5.56 Å². The predicted octanol–water partition coefficient (Wildman–Crippen LogP) is 7.27. The third-order valence-corrected chi connectivity index (χ3v) is 5.30. The number of nitrogens with zero attached hydrogens (tertiary/aromatic N) is 1. The number of rotatable bonds is 3. The van der Waals surface area contributed by atoms with Gasteiger partial charge in [-0.3, -0.25) is 0 Å². The van der Waals surface area contributed by atoms with E-state index in [1.807, 2.05) is 0 Å². The topological polar surface area (TPSA) is 4.93 Å². The number of benzene rings is 4. The van der Waals surface area contributed by atoms with Crippen LogP contribution in [-0.4, -0.2) is 4.57 Å². The standard InChI is InChI=1S/C27H21N/c1-20-18-26(24-17-16-21-10-8-9-13-23(21)19-24)28(25-14-6-3-7-15-25)27(20)22-11-4-2-5-12-22/h2-19H,1H3. The second kappa shape index (κ2) is 6.86. The molecule has 0 bridgehead atoms. The molecule has 28 heavy (non-hydrogen) atoms. The highest BCUT2D eigenvalue weighted by Gasteiger charge is 2.17. The molecular formula is C27H21N. The molecular weight excluding hydrogens is 338 g/mol. The average Bonchev–Trinajstić information content (AvgIpc) is 3.11. The SMILES string of the molecule is Cc1cc(-c2ccc3ccccc3c2)n(-c2ccccc2)c1-c1ccccc1. The lowest BCUT2D eigenvalue weighted by Crippen LogP contribution is -1.99. The molecule has 1 heteroatoms. The van der Waals surface area contributed by atoms with Crippen molar-refractivity contribution in [3.05, 3.63) is 115 Å². The highest BCUT2D eigenvalue weighted by Crippen LogP contribution is 2.36. The monoisotopic (exact) mass is 359 g/mol. The highest BCUT2D eigenvalue weighted by atomic mass is 15.0. The smallest absolute Gasteiger partial charge is 0.0564 e. The van der Waals surface area contributed by atoms with Gasteiger partial charge in [0.1, 0.15) is 0 Å². The third kappa shape index (κ3) is 2.82. The van der Waals surface area contributed by atoms with E-state index in [9.17, 15) is 0 Å². The van der Waals surface area contributed by atoms with Crippen molar-refractivity contribution < 1.29 is 0 Å². The van der Waals surface area contributed by atoms with Crippen LogP contribution in [0.15, 0.2) is 109 Å². The zero-order valence-corrected chi connectivity index (χ0v) is 15.8. The maximum atomic E-state index is 2.38. The fourth-order valence-corrected chi connectivity index (χ4v) is 3.99. The van der Waals surface area contributed by atoms with Gasteiger partial charge in [-0.2, -0.15) is 0 Å². The van der Waals surface area contributed by atoms with E-state index < -0.39 is 0 Å². The van der Waals surface area contributed by atoms with Crippen molar-refractivity contribution in [3.63, 3.8) is 0 Å². The number of fused-ring (bicyclic) bond motifs is 1. The molecule has 1 heterocycles. The zero-order valence-electron chi connectivity index (χ0n) is 15.8. The number of aryl methyl sites for hydroxylation is 1. The average molecular weight is 359 g/mol. The number of hydrogen-bond acceptors (Lipinski definition) is 0. The van der Waals surface area contributed by atoms with E-state index >= 15 is 0 Å². The minimum absolute atomic E-state index is 1.18. The Hall–Kier alpha value is -3.58. The van der Waals surface area contributed by atoms with Gasteiger partial charge in [0.15, 0.2) is 0 Å². The van der Waals surface area contributed by atoms with E-state index in [1.54, 1.807) is 0 Å². The summed E-state index contributed by atoms with van der Waals surface area (Å²) in [7, 11) is 0. The third-order valence-electron chi connectivity index (χ3n) is 5.30. The molecule has 1 nitrogen and oxygen atoms in total. The number of aromatic nitrogens is 1. The first-order valence-corrected chi connectivity index (χ1v) is 9.63. The summed E-state index contributed by atoms with van der Waals surface area (Å²) in [6, 6.07) is 38.8. The molecule has 4 aromatic carbocycles. The van der Waals surface area contributed by atoms with Gasteiger partial charge in [-0.1, -0.05) is 84.9 Å². The first kappa shape index (κ1) is 16.6. The Bertz CT molecular complexity index is 1250. The van der Waals surface area contributed by atoms with Crippen molar-refractivity contribution in [3.8, 4) is 28.2 Å². The van der Waals surface area contributed by atoms with Crippen LogP contribution in [0.3, 0.4) is 0 Å². The molecule has 0 atom stereocenters. The van der Waals surface area contributed by atoms with Crippen molar-refractivity contribution in [2.45, 2.75) is 6.92 Å². The van der Waals surface area contributed by atoms with E-state index in [1.165, 1.54) is 44.5 Å². The van der Waals surface area contributed by atoms with Gasteiger partial charge >= 0.3 is 0 Å². The molecule has 0 aliphatic heterocycles. The fourth-order valence-electron chi connectivity index (χ4n) is 3.99. The molecule has 0 saturated carbocycles. The second-order valence-electron chi connectivity index (χ2n) is 7.16. The summed E-state index contributed by atoms with van der Waals surface area (Å²) < 4.78 is 2.38. The maximum Gasteiger partial charge on any atom is 0.0564 e. The summed E-state index contributed by atoms with van der Waals surface area (Å²) in [4.78, 5) is 0. The van der Waals surface area contributed by atoms with Gasteiger partial charge in [0, 0.05) is 5.69 Å². The first-order valence-electron chi connectivity index (χ1n) is 9.63. The molecule has 5 rings (SSSR count). The zero-order chi connectivity index (χ0) is 18.9. The minimum atomic E-state index is 1.18. The summed E-state index contributed by atoms with van der Waals surface area (Å²) in [5, 5.41) is 2.53. The minimum Gasteiger partial charge on any atom is -0.309 e. The molecule has 0 spiro atoms. The van der Waals surface area contributed by atoms with E-state index in [2.05, 4.69) is 121 Å². The molecule has 0 aliphatic rings. The molecule has 0 saturated heterocycles. The number of para-hydroxylation sites is 1. The maximum absolute atomic E-state index is 2.38. The Morgan fingerprint density at radius 2 is 1.18 bits per heavy atom. The van der Waals surface area contributed by atoms with Crippen molar-refractivity contribution in [1.29, 1.82) is 0 Å². The van der Waals surface area contributed by atoms with Crippen LogP contribution in [0, 0.1) is 6.92 Å². The molecule has 0 aliphatic carbocycles. The van der Waals surface area contributed by atoms with Gasteiger partial charge in [-0.05, 0) is 58.7 Å². The predicted molar refractivity (Wildman–Crippen MR) is 119 cm³/mol. The van der Waals surface area contributed by atoms with Crippen LogP contribution >= 0.6 is 0 Å². The van der Waals surface area contributed by atoms with Crippen LogP contribution in [0.4, 0.5) is 0 Å². The van der Waals surface area contributed by atoms with Gasteiger partial charge in [0.05, 0.1) is 11.4 Å². The molecule has 5 aromatic rings. The molecule has 0 amide bonds. The Kier molecular flexibility index (Phi) is 4.06. The van der Waals surface area contributed by atoms with Gasteiger partial charge < -0.3 is 4.57 Å². The summed E-state index contributed by atoms with van der Waals surface area (Å²) in [6.45, 7) is 2.20. The molecule has 134 valence electrons. The van der Waals surface area contributed by atoms with Crippen molar-refractivity contribution >= 4 is 10.8 Å². The lowest BCUT2D eigenvalue weighted by molar-refractivity contribution is 1.09. The second-order valence-corrected chi connectivity index (χ2v) is 7.16. The van der Waals surface area contributed by atoms with E-state index in [0.29, 0.717) is 0 Å². The molecule has 1 aromatic heterocycles. The van der Waals surface area contributed by atoms with Gasteiger partial charge in [0.25, 0.3) is 0 Å². The number of hydrogen-bond donors (Lipinski definition) is 0. The van der Waals surface area contributed by atoms with Gasteiger partial charge in [0.2, 0.25) is 0 Å². The van der Waals surface area contributed by atoms with Gasteiger partial charge in [-0.15, -0.1) is 0 Å². The van der Waals surface area contributed by atoms with Crippen LogP contribution in [0.25, 0.3) is 39.0 Å². The van der Waals surface area contributed by atoms with E-state index in [-0.39, 0.29) is 0 Å². The lowest BCUT2D eigenvalue weighted by Gasteiger charge is -2.15. The van der Waals surface area contributed by atoms with Crippen LogP contribution in [-0.2, 0) is 0 Å². The van der Waals surface area contributed by atoms with Crippen molar-refractivity contribution in [2.24, 2.45) is 0 Å². The highest BCUT2D eigenvalue weighted by molar-refractivity contribution is 5.88. The summed E-state index contributed by atoms with van der Waals surface area (Å²) in [5.74, 6) is 0. The van der Waals surface area contributed by atoms with Crippen molar-refractivity contribution in [2.75, 3.05) is 0 Å². The van der Waals surface area contributed by atoms with Crippen LogP contribution < -0.4 is 0 Å². The summed E-state index contributed by atoms with van der Waals surface area (Å²) in [6.07, 6.45) is 0. The molecule has 0 fully saturated rings. The van der Waals surface area contributed by atoms with Crippen LogP contribution in [0.2, 0.25) is 0 Å². The quantitative estimate of drug-likeness (QED) is 0.319. The first-order chi connectivity index (χ1) is 13.8. The Morgan fingerprint density at radius 3 is 1.93 bits per heavy atom. The van der Waals surface area contributed by atoms with Crippen molar-refractivity contribution in [1.82, 2.24) is 4.57 Å².